The van der Waals surface area contributed by atoms with Gasteiger partial charge in [0.25, 0.3) is 0 Å². The Morgan fingerprint density at radius 1 is 1.47 bits per heavy atom. The van der Waals surface area contributed by atoms with Crippen molar-refractivity contribution in [2.45, 2.75) is 19.9 Å². The predicted octanol–water partition coefficient (Wildman–Crippen LogP) is 2.83. The minimum atomic E-state index is 0.00952. The van der Waals surface area contributed by atoms with E-state index in [1.807, 2.05) is 39.1 Å². The highest BCUT2D eigenvalue weighted by Crippen LogP contribution is 2.27. The molecule has 0 saturated carbocycles. The van der Waals surface area contributed by atoms with Gasteiger partial charge < -0.3 is 15.4 Å². The molecule has 0 aliphatic heterocycles. The number of benzene rings is 1. The average Bonchev–Trinajstić information content (AvgIpc) is 2.28. The number of nitrogens with zero attached hydrogens (tertiary/aromatic N) is 1. The van der Waals surface area contributed by atoms with E-state index in [-0.39, 0.29) is 6.04 Å². The Bertz CT molecular complexity index is 355. The maximum absolute atomic E-state index is 6.24. The van der Waals surface area contributed by atoms with Gasteiger partial charge in [0.05, 0.1) is 17.3 Å². The van der Waals surface area contributed by atoms with Gasteiger partial charge in [-0.3, -0.25) is 0 Å². The van der Waals surface area contributed by atoms with E-state index in [4.69, 9.17) is 22.1 Å². The Morgan fingerprint density at radius 3 is 2.71 bits per heavy atom. The Morgan fingerprint density at radius 2 is 2.18 bits per heavy atom. The molecule has 0 saturated heterocycles. The molecular formula is C13H21ClN2O. The maximum Gasteiger partial charge on any atom is 0.0642 e. The molecule has 96 valence electrons. The molecule has 17 heavy (non-hydrogen) atoms. The van der Waals surface area contributed by atoms with Crippen LogP contribution in [0, 0.1) is 0 Å². The monoisotopic (exact) mass is 256 g/mol. The molecular weight excluding hydrogens is 236 g/mol. The first-order valence-corrected chi connectivity index (χ1v) is 6.28. The fourth-order valence-electron chi connectivity index (χ4n) is 1.58. The zero-order chi connectivity index (χ0) is 12.8. The van der Waals surface area contributed by atoms with Crippen LogP contribution in [0.15, 0.2) is 18.2 Å². The molecule has 0 aromatic heterocycles. The smallest absolute Gasteiger partial charge is 0.0642 e. The summed E-state index contributed by atoms with van der Waals surface area (Å²) >= 11 is 6.24. The lowest BCUT2D eigenvalue weighted by Gasteiger charge is -2.21. The molecule has 1 aromatic rings. The summed E-state index contributed by atoms with van der Waals surface area (Å²) in [6.07, 6.45) is 0. The first-order valence-electron chi connectivity index (χ1n) is 5.90. The standard InChI is InChI=1S/C13H21ClN2O/c1-4-17-8-7-16(3)13-6-5-11(10(2)15)9-12(13)14/h5-6,9-10H,4,7-8,15H2,1-3H3. The molecule has 0 radical (unpaired) electrons. The van der Waals surface area contributed by atoms with Gasteiger partial charge in [-0.15, -0.1) is 0 Å². The summed E-state index contributed by atoms with van der Waals surface area (Å²) in [5, 5.41) is 0.735. The number of halogens is 1. The summed E-state index contributed by atoms with van der Waals surface area (Å²) in [7, 11) is 2.01. The lowest BCUT2D eigenvalue weighted by molar-refractivity contribution is 0.154. The highest BCUT2D eigenvalue weighted by molar-refractivity contribution is 6.33. The Balaban J connectivity index is 2.70. The van der Waals surface area contributed by atoms with Gasteiger partial charge in [0, 0.05) is 26.2 Å². The molecule has 1 aromatic carbocycles. The SMILES string of the molecule is CCOCCN(C)c1ccc(C(C)N)cc1Cl. The summed E-state index contributed by atoms with van der Waals surface area (Å²) in [4.78, 5) is 2.09. The average molecular weight is 257 g/mol. The number of hydrogen-bond acceptors (Lipinski definition) is 3. The Hall–Kier alpha value is -0.770. The predicted molar refractivity (Wildman–Crippen MR) is 73.8 cm³/mol. The van der Waals surface area contributed by atoms with E-state index in [0.29, 0.717) is 6.61 Å². The van der Waals surface area contributed by atoms with Crippen LogP contribution in [0.4, 0.5) is 5.69 Å². The summed E-state index contributed by atoms with van der Waals surface area (Å²) in [6, 6.07) is 5.96. The van der Waals surface area contributed by atoms with Crippen LogP contribution in [0.5, 0.6) is 0 Å². The Labute approximate surface area is 109 Å². The van der Waals surface area contributed by atoms with Crippen molar-refractivity contribution in [2.24, 2.45) is 5.73 Å². The van der Waals surface area contributed by atoms with Gasteiger partial charge in [-0.1, -0.05) is 17.7 Å². The van der Waals surface area contributed by atoms with Gasteiger partial charge in [0.2, 0.25) is 0 Å². The van der Waals surface area contributed by atoms with Gasteiger partial charge in [-0.05, 0) is 31.5 Å². The molecule has 0 aliphatic rings. The highest BCUT2D eigenvalue weighted by atomic mass is 35.5. The lowest BCUT2D eigenvalue weighted by atomic mass is 10.1. The van der Waals surface area contributed by atoms with Crippen LogP contribution in [0.1, 0.15) is 25.5 Å². The second-order valence-corrected chi connectivity index (χ2v) is 4.53. The van der Waals surface area contributed by atoms with Crippen LogP contribution in [0.25, 0.3) is 0 Å². The summed E-state index contributed by atoms with van der Waals surface area (Å²) in [5.74, 6) is 0. The maximum atomic E-state index is 6.24. The summed E-state index contributed by atoms with van der Waals surface area (Å²) in [6.45, 7) is 6.21. The van der Waals surface area contributed by atoms with Crippen molar-refractivity contribution in [2.75, 3.05) is 31.7 Å². The van der Waals surface area contributed by atoms with Crippen LogP contribution < -0.4 is 10.6 Å². The molecule has 1 unspecified atom stereocenters. The largest absolute Gasteiger partial charge is 0.380 e. The quantitative estimate of drug-likeness (QED) is 0.796. The molecule has 3 nitrogen and oxygen atoms in total. The van der Waals surface area contributed by atoms with Crippen molar-refractivity contribution >= 4 is 17.3 Å². The first-order chi connectivity index (χ1) is 8.06. The van der Waals surface area contributed by atoms with E-state index in [0.717, 1.165) is 29.4 Å². The van der Waals surface area contributed by atoms with Crippen molar-refractivity contribution in [3.63, 3.8) is 0 Å². The second kappa shape index (κ2) is 6.84. The third-order valence-electron chi connectivity index (χ3n) is 2.68. The van der Waals surface area contributed by atoms with Crippen molar-refractivity contribution in [1.82, 2.24) is 0 Å². The molecule has 1 rings (SSSR count). The van der Waals surface area contributed by atoms with Gasteiger partial charge in [-0.25, -0.2) is 0 Å². The van der Waals surface area contributed by atoms with E-state index in [9.17, 15) is 0 Å². The normalized spacial score (nSPS) is 12.5. The first kappa shape index (κ1) is 14.3. The molecule has 0 aliphatic carbocycles. The molecule has 0 heterocycles. The summed E-state index contributed by atoms with van der Waals surface area (Å²) in [5.41, 5.74) is 7.88. The fraction of sp³-hybridized carbons (Fsp3) is 0.538. The summed E-state index contributed by atoms with van der Waals surface area (Å²) < 4.78 is 5.32. The highest BCUT2D eigenvalue weighted by Gasteiger charge is 2.08. The number of likely N-dealkylation sites (N-methyl/N-ethyl adjacent to an activating group) is 1. The van der Waals surface area contributed by atoms with Crippen molar-refractivity contribution in [1.29, 1.82) is 0 Å². The zero-order valence-corrected chi connectivity index (χ0v) is 11.5. The van der Waals surface area contributed by atoms with Crippen molar-refractivity contribution < 1.29 is 4.74 Å². The molecule has 1 atom stereocenters. The fourth-order valence-corrected chi connectivity index (χ4v) is 1.92. The number of rotatable bonds is 6. The van der Waals surface area contributed by atoms with Gasteiger partial charge in [0.15, 0.2) is 0 Å². The van der Waals surface area contributed by atoms with Gasteiger partial charge >= 0.3 is 0 Å². The van der Waals surface area contributed by atoms with Gasteiger partial charge in [0.1, 0.15) is 0 Å². The van der Waals surface area contributed by atoms with Crippen molar-refractivity contribution in [3.8, 4) is 0 Å². The van der Waals surface area contributed by atoms with Crippen LogP contribution in [-0.2, 0) is 4.74 Å². The molecule has 0 amide bonds. The number of anilines is 1. The second-order valence-electron chi connectivity index (χ2n) is 4.12. The Kier molecular flexibility index (Phi) is 5.75. The number of hydrogen-bond donors (Lipinski definition) is 1. The van der Waals surface area contributed by atoms with E-state index >= 15 is 0 Å². The zero-order valence-electron chi connectivity index (χ0n) is 10.7. The minimum Gasteiger partial charge on any atom is -0.380 e. The number of nitrogens with two attached hydrogens (primary N) is 1. The van der Waals surface area contributed by atoms with Crippen LogP contribution in [0.2, 0.25) is 5.02 Å². The lowest BCUT2D eigenvalue weighted by Crippen LogP contribution is -2.23. The molecule has 0 fully saturated rings. The van der Waals surface area contributed by atoms with Crippen LogP contribution in [0.3, 0.4) is 0 Å². The van der Waals surface area contributed by atoms with Gasteiger partial charge in [-0.2, -0.15) is 0 Å². The molecule has 0 spiro atoms. The molecule has 2 N–H and O–H groups in total. The third kappa shape index (κ3) is 4.19. The van der Waals surface area contributed by atoms with E-state index in [1.165, 1.54) is 0 Å². The van der Waals surface area contributed by atoms with E-state index < -0.39 is 0 Å². The molecule has 0 bridgehead atoms. The topological polar surface area (TPSA) is 38.5 Å². The van der Waals surface area contributed by atoms with Crippen LogP contribution in [-0.4, -0.2) is 26.8 Å². The van der Waals surface area contributed by atoms with E-state index in [2.05, 4.69) is 4.90 Å². The minimum absolute atomic E-state index is 0.00952. The molecule has 4 heteroatoms. The van der Waals surface area contributed by atoms with Crippen LogP contribution >= 0.6 is 11.6 Å². The van der Waals surface area contributed by atoms with E-state index in [1.54, 1.807) is 0 Å². The number of ether oxygens (including phenoxy) is 1. The third-order valence-corrected chi connectivity index (χ3v) is 2.99. The van der Waals surface area contributed by atoms with Crippen molar-refractivity contribution in [3.05, 3.63) is 28.8 Å².